The van der Waals surface area contributed by atoms with Crippen LogP contribution >= 0.6 is 0 Å². The Kier molecular flexibility index (Phi) is 15.9. The van der Waals surface area contributed by atoms with Gasteiger partial charge in [-0.15, -0.1) is 0 Å². The van der Waals surface area contributed by atoms with Crippen molar-refractivity contribution in [2.24, 2.45) is 11.3 Å². The molecule has 2 saturated carbocycles. The van der Waals surface area contributed by atoms with Gasteiger partial charge < -0.3 is 40.1 Å². The molecule has 10 rings (SSSR count). The number of carbonyl (C=O) groups excluding carboxylic acids is 1. The number of carbonyl (C=O) groups is 1. The van der Waals surface area contributed by atoms with Crippen molar-refractivity contribution in [3.05, 3.63) is 125 Å². The van der Waals surface area contributed by atoms with Crippen LogP contribution in [-0.2, 0) is 26.3 Å². The number of piperidine rings is 1. The van der Waals surface area contributed by atoms with Crippen LogP contribution in [0.25, 0.3) is 11.0 Å². The monoisotopic (exact) mass is 1120 g/mol. The number of aliphatic hydroxyl groups is 1. The molecule has 2 saturated heterocycles. The summed E-state index contributed by atoms with van der Waals surface area (Å²) in [5, 5.41) is 26.2. The lowest BCUT2D eigenvalue weighted by Crippen LogP contribution is -2.98. The number of H-pyrrole nitrogens is 1. The van der Waals surface area contributed by atoms with Crippen LogP contribution in [0.5, 0.6) is 17.4 Å². The van der Waals surface area contributed by atoms with E-state index in [0.29, 0.717) is 36.2 Å². The summed E-state index contributed by atoms with van der Waals surface area (Å²) in [7, 11) is -4.69. The van der Waals surface area contributed by atoms with Gasteiger partial charge in [-0.05, 0) is 116 Å². The maximum absolute atomic E-state index is 15.0. The summed E-state index contributed by atoms with van der Waals surface area (Å²) < 4.78 is 77.5. The van der Waals surface area contributed by atoms with E-state index >= 15 is 0 Å². The molecule has 0 bridgehead atoms. The number of amides is 1. The lowest BCUT2D eigenvalue weighted by molar-refractivity contribution is -0.751. The number of hydrogen-bond donors (Lipinski definition) is 6. The molecule has 6 N–H and O–H groups in total. The molecule has 0 radical (unpaired) electrons. The number of anilines is 2. The minimum atomic E-state index is -4.60. The highest BCUT2D eigenvalue weighted by Crippen LogP contribution is 2.53. The van der Waals surface area contributed by atoms with Gasteiger partial charge in [-0.1, -0.05) is 50.2 Å². The normalized spacial score (nSPS) is 22.3. The highest BCUT2D eigenvalue weighted by atomic mass is 32.2. The molecule has 4 fully saturated rings. The number of halogens is 1. The van der Waals surface area contributed by atoms with Crippen molar-refractivity contribution in [3.63, 3.8) is 0 Å². The van der Waals surface area contributed by atoms with Gasteiger partial charge in [0.15, 0.2) is 17.3 Å². The fraction of sp³-hybridized carbons (Fsp3) is 0.466. The zero-order valence-electron chi connectivity index (χ0n) is 45.8. The molecule has 5 heterocycles. The topological polar surface area (TPSA) is 234 Å². The van der Waals surface area contributed by atoms with E-state index in [4.69, 9.17) is 14.3 Å². The first-order valence-electron chi connectivity index (χ1n) is 27.3. The van der Waals surface area contributed by atoms with Crippen LogP contribution in [-0.4, -0.2) is 120 Å². The largest absolute Gasteiger partial charge is 0.629 e. The molecule has 3 atom stereocenters. The third kappa shape index (κ3) is 12.3. The van der Waals surface area contributed by atoms with Gasteiger partial charge in [0.1, 0.15) is 22.1 Å². The number of sulfonamides is 1. The molecule has 79 heavy (non-hydrogen) atoms. The molecule has 18 nitrogen and oxygen atoms in total. The Morgan fingerprint density at radius 2 is 1.70 bits per heavy atom. The minimum Gasteiger partial charge on any atom is -0.629 e. The second kappa shape index (κ2) is 22.4. The van der Waals surface area contributed by atoms with Crippen LogP contribution in [0.4, 0.5) is 21.6 Å². The fourth-order valence-corrected chi connectivity index (χ4v) is 13.9. The Morgan fingerprint density at radius 1 is 0.975 bits per heavy atom. The summed E-state index contributed by atoms with van der Waals surface area (Å²) in [4.78, 5) is 33.4. The molecule has 2 aliphatic heterocycles. The zero-order chi connectivity index (χ0) is 56.0. The van der Waals surface area contributed by atoms with E-state index in [9.17, 15) is 32.1 Å². The number of nitrogens with zero attached hydrogens (tertiary/aromatic N) is 5. The van der Waals surface area contributed by atoms with E-state index < -0.39 is 42.1 Å². The number of aromatic amines is 1. The number of ether oxygens (including phenoxy) is 2. The Hall–Kier alpha value is -6.20. The summed E-state index contributed by atoms with van der Waals surface area (Å²) in [5.41, 5.74) is 4.21. The predicted octanol–water partition coefficient (Wildman–Crippen LogP) is 8.48. The average Bonchev–Trinajstić information content (AvgIpc) is 3.92. The number of nitrogens with one attached hydrogen (secondary N) is 5. The zero-order valence-corrected chi connectivity index (χ0v) is 47.4. The van der Waals surface area contributed by atoms with Crippen LogP contribution in [0, 0.1) is 27.1 Å². The van der Waals surface area contributed by atoms with Crippen molar-refractivity contribution >= 4 is 53.9 Å². The van der Waals surface area contributed by atoms with Gasteiger partial charge in [0.25, 0.3) is 21.8 Å². The molecule has 422 valence electrons. The van der Waals surface area contributed by atoms with E-state index in [0.717, 1.165) is 95.2 Å². The number of hydrogen-bond acceptors (Lipinski definition) is 15. The van der Waals surface area contributed by atoms with E-state index in [-0.39, 0.29) is 67.8 Å². The first kappa shape index (κ1) is 56.1. The molecule has 2 unspecified atom stereocenters. The molecule has 21 heteroatoms. The molecule has 3 aromatic carbocycles. The summed E-state index contributed by atoms with van der Waals surface area (Å²) >= 11 is 0. The van der Waals surface area contributed by atoms with Crippen LogP contribution in [0.2, 0.25) is 0 Å². The SMILES string of the molecule is COc1nc2[nH]cc(F)c2cc1Oc1cc(N2CCC3(CC2)CC(N2CCN(Cc4ccc(S(C)(=N)=O)cc4)C[C@H]2c2ccccc2C(C)C)C3)ccc1C(=O)NS(=O)(=O)c1cnc(NCC2CCC(C)(O)CC2)c([NH+](C)[O-])c1. The van der Waals surface area contributed by atoms with Crippen molar-refractivity contribution in [2.75, 3.05) is 69.9 Å². The molecule has 1 amide bonds. The molecular formula is C58H73FN10O8S2. The summed E-state index contributed by atoms with van der Waals surface area (Å²) in [6, 6.07) is 24.7. The van der Waals surface area contributed by atoms with Crippen molar-refractivity contribution in [2.45, 2.75) is 112 Å². The van der Waals surface area contributed by atoms with E-state index in [1.54, 1.807) is 12.1 Å². The standard InChI is InChI=1S/C58H73FN10O8S2/c1-37(2)44-9-7-8-10-45(44)50-36-67(35-39-11-14-42(15-12-39)78(6,60)73)25-26-69(50)41-30-58(31-41)21-23-68(24-22-58)40-13-16-46(51(27-40)77-52-29-47-48(59)34-63-53(47)64-56(52)76-5)55(70)65-79(74,75)43-28-49(66(4)72)54(62-33-43)61-32-38-17-19-57(3,71)20-18-38/h7-16,27-29,33-34,37-38,41,50,60,66,71H,17-26,30-32,35-36H2,1-6H3,(H,61,62)(H,63,64)(H,65,70)/t38?,50-,57?,78?/m0/s1. The number of piperazine rings is 1. The highest BCUT2D eigenvalue weighted by Gasteiger charge is 2.50. The second-order valence-corrected chi connectivity index (χ2v) is 26.8. The number of benzene rings is 3. The Balaban J connectivity index is 0.853. The first-order chi connectivity index (χ1) is 37.6. The van der Waals surface area contributed by atoms with Gasteiger partial charge >= 0.3 is 0 Å². The number of fused-ring (bicyclic) bond motifs is 1. The second-order valence-electron chi connectivity index (χ2n) is 23.0. The van der Waals surface area contributed by atoms with Crippen molar-refractivity contribution in [1.82, 2.24) is 29.5 Å². The molecule has 2 aliphatic carbocycles. The summed E-state index contributed by atoms with van der Waals surface area (Å²) in [6.07, 6.45) is 10.6. The third-order valence-electron chi connectivity index (χ3n) is 16.9. The summed E-state index contributed by atoms with van der Waals surface area (Å²) in [6.45, 7) is 11.8. The number of rotatable bonds is 17. The maximum atomic E-state index is 15.0. The van der Waals surface area contributed by atoms with Crippen LogP contribution < -0.4 is 29.5 Å². The van der Waals surface area contributed by atoms with Crippen LogP contribution in [0.1, 0.15) is 111 Å². The lowest BCUT2D eigenvalue weighted by atomic mass is 9.59. The van der Waals surface area contributed by atoms with E-state index in [1.165, 1.54) is 55.9 Å². The van der Waals surface area contributed by atoms with Gasteiger partial charge in [0.05, 0.1) is 46.6 Å². The lowest BCUT2D eigenvalue weighted by Gasteiger charge is -2.58. The summed E-state index contributed by atoms with van der Waals surface area (Å²) in [5.74, 6) is -0.768. The average molecular weight is 1120 g/mol. The van der Waals surface area contributed by atoms with Crippen LogP contribution in [0.15, 0.2) is 101 Å². The first-order valence-corrected chi connectivity index (χ1v) is 30.7. The van der Waals surface area contributed by atoms with Gasteiger partial charge in [0, 0.05) is 99.1 Å². The molecule has 4 aliphatic rings. The van der Waals surface area contributed by atoms with Crippen molar-refractivity contribution < 1.29 is 41.5 Å². The Labute approximate surface area is 462 Å². The number of aromatic nitrogens is 3. The number of methoxy groups -OCH3 is 1. The number of hydroxylamine groups is 1. The van der Waals surface area contributed by atoms with Gasteiger partial charge in [-0.3, -0.25) is 14.6 Å². The molecule has 3 aromatic heterocycles. The quantitative estimate of drug-likeness (QED) is 0.0471. The van der Waals surface area contributed by atoms with E-state index in [2.05, 4.69) is 77.8 Å². The molecule has 1 spiro atoms. The van der Waals surface area contributed by atoms with E-state index in [1.807, 2.05) is 31.2 Å². The van der Waals surface area contributed by atoms with Gasteiger partial charge in [-0.2, -0.15) is 4.98 Å². The highest BCUT2D eigenvalue weighted by molar-refractivity contribution is 7.91. The third-order valence-corrected chi connectivity index (χ3v) is 19.4. The van der Waals surface area contributed by atoms with Gasteiger partial charge in [-0.25, -0.2) is 31.5 Å². The Morgan fingerprint density at radius 3 is 2.38 bits per heavy atom. The predicted molar refractivity (Wildman–Crippen MR) is 303 cm³/mol. The molecular weight excluding hydrogens is 1050 g/mol. The smallest absolute Gasteiger partial charge is 0.268 e. The fourth-order valence-electron chi connectivity index (χ4n) is 12.3. The van der Waals surface area contributed by atoms with Crippen molar-refractivity contribution in [1.29, 1.82) is 4.78 Å². The maximum Gasteiger partial charge on any atom is 0.268 e. The number of quaternary nitrogens is 1. The minimum absolute atomic E-state index is 0.000494. The number of pyridine rings is 2. The Bertz CT molecular complexity index is 3420. The van der Waals surface area contributed by atoms with Crippen LogP contribution in [0.3, 0.4) is 0 Å². The van der Waals surface area contributed by atoms with Gasteiger partial charge in [0.2, 0.25) is 0 Å². The molecule has 6 aromatic rings. The van der Waals surface area contributed by atoms with Crippen molar-refractivity contribution in [3.8, 4) is 17.4 Å².